The largest absolute Gasteiger partial charge is 0.508 e. The molecular weight excluding hydrogens is 1450 g/mol. The number of nitrogens with zero attached hydrogens (tertiary/aromatic N) is 3. The summed E-state index contributed by atoms with van der Waals surface area (Å²) in [4.78, 5) is 208. The first-order valence-corrected chi connectivity index (χ1v) is 35.7. The van der Waals surface area contributed by atoms with Gasteiger partial charge in [-0.15, -0.1) is 0 Å². The second-order valence-corrected chi connectivity index (χ2v) is 27.3. The highest BCUT2D eigenvalue weighted by atomic mass is 16.4. The number of amides is 12. The lowest BCUT2D eigenvalue weighted by Crippen LogP contribution is -2.72. The molecule has 24 N–H and O–H groups in total. The van der Waals surface area contributed by atoms with Gasteiger partial charge in [-0.3, -0.25) is 67.4 Å². The van der Waals surface area contributed by atoms with Crippen LogP contribution in [0.25, 0.3) is 21.7 Å². The molecule has 1 saturated heterocycles. The van der Waals surface area contributed by atoms with Gasteiger partial charge >= 0.3 is 5.97 Å². The molecule has 35 heteroatoms. The van der Waals surface area contributed by atoms with Gasteiger partial charge < -0.3 is 102 Å². The molecule has 2 aromatic heterocycles. The maximum absolute atomic E-state index is 15.9. The van der Waals surface area contributed by atoms with E-state index in [9.17, 15) is 44.1 Å². The zero-order valence-corrected chi connectivity index (χ0v) is 61.0. The Bertz CT molecular complexity index is 4790. The lowest BCUT2D eigenvalue weighted by molar-refractivity contribution is -0.168. The molecule has 9 rings (SSSR count). The number of carboxylic acids is 1. The molecule has 0 aliphatic carbocycles. The summed E-state index contributed by atoms with van der Waals surface area (Å²) in [5.74, 6) is -17.4. The minimum Gasteiger partial charge on any atom is -0.508 e. The van der Waals surface area contributed by atoms with Crippen LogP contribution in [0, 0.1) is 0 Å². The van der Waals surface area contributed by atoms with E-state index in [-0.39, 0.29) is 67.4 Å². The highest BCUT2D eigenvalue weighted by Crippen LogP contribution is 2.26. The number of phenols is 2. The van der Waals surface area contributed by atoms with Gasteiger partial charge in [-0.1, -0.05) is 115 Å². The van der Waals surface area contributed by atoms with Gasteiger partial charge in [0.1, 0.15) is 65.9 Å². The van der Waals surface area contributed by atoms with Gasteiger partial charge in [0.15, 0.2) is 5.96 Å². The Labute approximate surface area is 640 Å². The molecule has 112 heavy (non-hydrogen) atoms. The van der Waals surface area contributed by atoms with Crippen molar-refractivity contribution in [1.29, 1.82) is 0 Å². The molecule has 588 valence electrons. The smallest absolute Gasteiger partial charge is 0.350 e. The Kier molecular flexibility index (Phi) is 27.8. The van der Waals surface area contributed by atoms with Crippen molar-refractivity contribution in [2.45, 2.75) is 144 Å². The van der Waals surface area contributed by atoms with Crippen LogP contribution in [-0.2, 0) is 101 Å². The number of aromatic amines is 2. The lowest BCUT2D eigenvalue weighted by atomic mass is 9.97. The Balaban J connectivity index is 1.21. The Morgan fingerprint density at radius 3 is 1.74 bits per heavy atom. The number of carboxylic acid groups (broad SMARTS) is 1. The first-order chi connectivity index (χ1) is 53.4. The predicted octanol–water partition coefficient (Wildman–Crippen LogP) is -1.63. The number of imidazole rings is 1. The summed E-state index contributed by atoms with van der Waals surface area (Å²) in [6, 6.07) is 19.3. The number of fused-ring (bicyclic) bond motifs is 2. The number of nitrogens with one attached hydrogen (secondary N) is 11. The summed E-state index contributed by atoms with van der Waals surface area (Å²) in [5, 5.41) is 56.9. The second-order valence-electron chi connectivity index (χ2n) is 27.3. The standard InChI is InChI=1S/C77H89N19O16/c1-41-66(102)89-57(31-42-11-4-3-5-12-42)74(110)95-77(2,75(111)112)96(62(65(80)101)33-44-21-26-51(98)27-22-44)64(100)37-61(90-67(103)53(78)30-43-19-24-50(97)25-20-43)73(109)93-59(35-49-39-83-40-86-49)72(108)91-56(32-45-18-23-46-13-6-7-14-47(46)29-45)70(106)88-55(17-10-28-84-76(81)82)68(104)92-58(34-48-38-85-54-16-9-8-15-52(48)54)71(107)94-60(36-63(79)99)69(105)87-41/h3-9,11-16,18-27,29,38-41,53,55-62,85,97-98H,10,17,28,30-37,78H2,1-2H3,(H2,79,99)(H2,80,101)(H,83,86)(H,87,105)(H,88,106)(H,89,102)(H,90,103)(H,91,108)(H,92,104)(H,93,109)(H,94,107)(H,95,110)(H,111,112)(H4,81,82,84)/t41-,53-,55-,56+,57-,58-,59-,60-,61-,62-,77-/m0/s1. The molecule has 8 aromatic rings. The minimum atomic E-state index is -3.20. The molecule has 6 aromatic carbocycles. The number of aromatic nitrogens is 3. The normalized spacial score (nSPS) is 21.5. The van der Waals surface area contributed by atoms with E-state index in [1.165, 1.54) is 73.2 Å². The van der Waals surface area contributed by atoms with Crippen LogP contribution in [0.2, 0.25) is 0 Å². The number of benzene rings is 6. The SMILES string of the molecule is C[C@@H]1NC(=O)[C@H](CC(N)=O)NC(=O)[C@H](Cc2c[nH]c3ccccc23)NC(=O)[C@H](CCCN=C(N)N)NC(=O)[C@@H](Cc2ccc3ccccc3c2)NC(=O)[C@H](Cc2c[nH]cn2)NC(=O)[C@@H](NC(=O)[C@@H](N)Cc2ccc(O)cc2)CC(=O)N([C@@H](Cc2ccc(O)cc2)C(N)=O)[C@@](C)(C(=O)O)NC(=O)[C@H](Cc2ccccc2)NC1=O. The number of phenolic OH excluding ortho intramolecular Hbond substituents is 2. The van der Waals surface area contributed by atoms with Crippen molar-refractivity contribution in [2.75, 3.05) is 6.54 Å². The average molecular weight is 1540 g/mol. The molecule has 11 atom stereocenters. The van der Waals surface area contributed by atoms with Gasteiger partial charge in [-0.05, 0) is 102 Å². The maximum atomic E-state index is 15.9. The maximum Gasteiger partial charge on any atom is 0.350 e. The fourth-order valence-electron chi connectivity index (χ4n) is 12.8. The molecule has 0 bridgehead atoms. The molecule has 0 radical (unpaired) electrons. The van der Waals surface area contributed by atoms with Crippen molar-refractivity contribution >= 4 is 104 Å². The Morgan fingerprint density at radius 2 is 1.12 bits per heavy atom. The van der Waals surface area contributed by atoms with E-state index in [4.69, 9.17) is 28.7 Å². The monoisotopic (exact) mass is 1540 g/mol. The first-order valence-electron chi connectivity index (χ1n) is 35.7. The third-order valence-electron chi connectivity index (χ3n) is 18.8. The number of rotatable bonds is 23. The zero-order chi connectivity index (χ0) is 80.9. The van der Waals surface area contributed by atoms with Crippen LogP contribution in [0.1, 0.15) is 73.0 Å². The number of carbonyl (C=O) groups is 13. The van der Waals surface area contributed by atoms with E-state index in [0.717, 1.165) is 19.2 Å². The highest BCUT2D eigenvalue weighted by Gasteiger charge is 2.51. The van der Waals surface area contributed by atoms with Crippen molar-refractivity contribution < 1.29 is 77.6 Å². The van der Waals surface area contributed by atoms with Gasteiger partial charge in [0.25, 0.3) is 0 Å². The average Bonchev–Trinajstić information content (AvgIpc) is 0.776. The third kappa shape index (κ3) is 22.5. The van der Waals surface area contributed by atoms with Crippen molar-refractivity contribution in [3.63, 3.8) is 0 Å². The summed E-state index contributed by atoms with van der Waals surface area (Å²) in [5.41, 5.74) is 29.0. The molecular formula is C77H89N19O16. The van der Waals surface area contributed by atoms with Gasteiger partial charge in [0, 0.05) is 61.9 Å². The second kappa shape index (κ2) is 37.9. The van der Waals surface area contributed by atoms with E-state index >= 15 is 33.6 Å². The molecule has 0 unspecified atom stereocenters. The predicted molar refractivity (Wildman–Crippen MR) is 407 cm³/mol. The minimum absolute atomic E-state index is 0.0177. The lowest BCUT2D eigenvalue weighted by Gasteiger charge is -2.43. The van der Waals surface area contributed by atoms with Crippen LogP contribution >= 0.6 is 0 Å². The topological polar surface area (TPSA) is 581 Å². The van der Waals surface area contributed by atoms with Gasteiger partial charge in [-0.25, -0.2) is 9.78 Å². The number of H-pyrrole nitrogens is 2. The summed E-state index contributed by atoms with van der Waals surface area (Å²) >= 11 is 0. The molecule has 1 fully saturated rings. The van der Waals surface area contributed by atoms with Crippen LogP contribution in [0.5, 0.6) is 11.5 Å². The van der Waals surface area contributed by atoms with Crippen LogP contribution in [0.3, 0.4) is 0 Å². The number of hydrogen-bond donors (Lipinski definition) is 19. The third-order valence-corrected chi connectivity index (χ3v) is 18.8. The first kappa shape index (κ1) is 82.3. The van der Waals surface area contributed by atoms with Crippen LogP contribution in [0.15, 0.2) is 169 Å². The number of nitrogens with two attached hydrogens (primary N) is 5. The molecule has 1 aliphatic heterocycles. The number of aliphatic carboxylic acids is 1. The highest BCUT2D eigenvalue weighted by molar-refractivity contribution is 6.02. The summed E-state index contributed by atoms with van der Waals surface area (Å²) in [6.07, 6.45) is -0.995. The van der Waals surface area contributed by atoms with Crippen LogP contribution in [0.4, 0.5) is 0 Å². The zero-order valence-electron chi connectivity index (χ0n) is 61.0. The Hall–Kier alpha value is -13.7. The van der Waals surface area contributed by atoms with Gasteiger partial charge in [0.05, 0.1) is 30.9 Å². The summed E-state index contributed by atoms with van der Waals surface area (Å²) < 4.78 is 0. The number of aromatic hydroxyl groups is 2. The van der Waals surface area contributed by atoms with Crippen molar-refractivity contribution in [1.82, 2.24) is 67.7 Å². The van der Waals surface area contributed by atoms with Crippen molar-refractivity contribution in [3.8, 4) is 11.5 Å². The number of carbonyl (C=O) groups excluding carboxylic acids is 12. The fraction of sp³-hybridized carbons (Fsp3) is 0.312. The number of guanidine groups is 1. The number of aliphatic imine (C=N–C) groups is 1. The molecule has 35 nitrogen and oxygen atoms in total. The van der Waals surface area contributed by atoms with E-state index in [0.29, 0.717) is 43.4 Å². The molecule has 1 aliphatic rings. The van der Waals surface area contributed by atoms with E-state index < -0.39 is 175 Å². The fourth-order valence-corrected chi connectivity index (χ4v) is 12.8. The molecule has 0 saturated carbocycles. The molecule has 12 amide bonds. The number of primary amides is 2. The molecule has 3 heterocycles. The summed E-state index contributed by atoms with van der Waals surface area (Å²) in [7, 11) is 0. The van der Waals surface area contributed by atoms with E-state index in [2.05, 4.69) is 67.8 Å². The summed E-state index contributed by atoms with van der Waals surface area (Å²) in [6.45, 7) is 1.84. The molecule has 0 spiro atoms. The van der Waals surface area contributed by atoms with Gasteiger partial charge in [-0.2, -0.15) is 0 Å². The number of hydrogen-bond acceptors (Lipinski definition) is 18. The van der Waals surface area contributed by atoms with Crippen molar-refractivity contribution in [3.05, 3.63) is 198 Å². The van der Waals surface area contributed by atoms with Gasteiger partial charge in [0.2, 0.25) is 76.5 Å². The quantitative estimate of drug-likeness (QED) is 0.0194. The van der Waals surface area contributed by atoms with E-state index in [1.54, 1.807) is 85.1 Å². The Morgan fingerprint density at radius 1 is 0.580 bits per heavy atom. The van der Waals surface area contributed by atoms with Crippen molar-refractivity contribution in [2.24, 2.45) is 33.7 Å². The van der Waals surface area contributed by atoms with Crippen LogP contribution < -0.4 is 76.5 Å². The van der Waals surface area contributed by atoms with E-state index in [1.807, 2.05) is 6.07 Å². The van der Waals surface area contributed by atoms with Crippen LogP contribution in [-0.4, -0.2) is 191 Å². The number of para-hydroxylation sites is 1.